The molecular formula is C14H25Cl. The quantitative estimate of drug-likeness (QED) is 0.584. The molecule has 2 aliphatic carbocycles. The molecule has 2 rings (SSSR count). The molecule has 0 aliphatic heterocycles. The maximum Gasteiger partial charge on any atom is 0.0341 e. The van der Waals surface area contributed by atoms with Crippen LogP contribution in [0, 0.1) is 17.3 Å². The first-order valence-corrected chi connectivity index (χ1v) is 7.23. The topological polar surface area (TPSA) is 0 Å². The molecule has 4 atom stereocenters. The molecule has 0 spiro atoms. The molecule has 1 heteroatoms. The molecule has 2 fully saturated rings. The lowest BCUT2D eigenvalue weighted by Gasteiger charge is -2.42. The van der Waals surface area contributed by atoms with E-state index in [0.29, 0.717) is 10.8 Å². The molecule has 0 N–H and O–H groups in total. The summed E-state index contributed by atoms with van der Waals surface area (Å²) >= 11 is 6.31. The lowest BCUT2D eigenvalue weighted by molar-refractivity contribution is 0.0796. The van der Waals surface area contributed by atoms with Crippen molar-refractivity contribution in [2.45, 2.75) is 70.6 Å². The Morgan fingerprint density at radius 2 is 1.93 bits per heavy atom. The highest BCUT2D eigenvalue weighted by Crippen LogP contribution is 2.53. The molecule has 0 aromatic rings. The van der Waals surface area contributed by atoms with Crippen LogP contribution < -0.4 is 0 Å². The van der Waals surface area contributed by atoms with Gasteiger partial charge in [-0.15, -0.1) is 11.6 Å². The third-order valence-corrected chi connectivity index (χ3v) is 5.42. The van der Waals surface area contributed by atoms with Crippen LogP contribution in [-0.4, -0.2) is 5.38 Å². The molecule has 15 heavy (non-hydrogen) atoms. The zero-order valence-corrected chi connectivity index (χ0v) is 11.0. The van der Waals surface area contributed by atoms with Crippen LogP contribution in [-0.2, 0) is 0 Å². The van der Waals surface area contributed by atoms with Gasteiger partial charge in [0.05, 0.1) is 0 Å². The molecule has 0 nitrogen and oxygen atoms in total. The minimum absolute atomic E-state index is 0.467. The van der Waals surface area contributed by atoms with Gasteiger partial charge < -0.3 is 0 Å². The van der Waals surface area contributed by atoms with Gasteiger partial charge in [-0.1, -0.05) is 39.5 Å². The molecule has 0 bridgehead atoms. The Kier molecular flexibility index (Phi) is 3.65. The Labute approximate surface area is 99.8 Å². The van der Waals surface area contributed by atoms with Gasteiger partial charge in [0.2, 0.25) is 0 Å². The van der Waals surface area contributed by atoms with Gasteiger partial charge in [0, 0.05) is 5.38 Å². The molecule has 0 aromatic heterocycles. The fourth-order valence-corrected chi connectivity index (χ4v) is 4.61. The summed E-state index contributed by atoms with van der Waals surface area (Å²) in [6.45, 7) is 4.88. The zero-order valence-electron chi connectivity index (χ0n) is 10.3. The maximum atomic E-state index is 6.31. The van der Waals surface area contributed by atoms with Gasteiger partial charge in [-0.05, 0) is 42.9 Å². The average molecular weight is 229 g/mol. The van der Waals surface area contributed by atoms with Crippen molar-refractivity contribution in [2.75, 3.05) is 0 Å². The van der Waals surface area contributed by atoms with Gasteiger partial charge in [0.15, 0.2) is 0 Å². The van der Waals surface area contributed by atoms with E-state index in [0.717, 1.165) is 11.8 Å². The van der Waals surface area contributed by atoms with Gasteiger partial charge in [0.1, 0.15) is 0 Å². The molecule has 2 saturated carbocycles. The van der Waals surface area contributed by atoms with E-state index in [9.17, 15) is 0 Å². The second kappa shape index (κ2) is 4.65. The molecule has 2 aliphatic rings. The first-order valence-electron chi connectivity index (χ1n) is 6.80. The Balaban J connectivity index is 2.06. The van der Waals surface area contributed by atoms with Crippen LogP contribution in [0.1, 0.15) is 65.2 Å². The van der Waals surface area contributed by atoms with Crippen LogP contribution in [0.2, 0.25) is 0 Å². The van der Waals surface area contributed by atoms with Crippen molar-refractivity contribution in [1.82, 2.24) is 0 Å². The second-order valence-corrected chi connectivity index (χ2v) is 6.67. The van der Waals surface area contributed by atoms with Crippen LogP contribution in [0.5, 0.6) is 0 Å². The Morgan fingerprint density at radius 1 is 1.20 bits per heavy atom. The minimum Gasteiger partial charge on any atom is -0.123 e. The Hall–Kier alpha value is 0.290. The number of halogens is 1. The molecule has 0 saturated heterocycles. The smallest absolute Gasteiger partial charge is 0.0341 e. The van der Waals surface area contributed by atoms with Crippen LogP contribution in [0.3, 0.4) is 0 Å². The van der Waals surface area contributed by atoms with E-state index in [4.69, 9.17) is 11.6 Å². The van der Waals surface area contributed by atoms with Gasteiger partial charge in [-0.3, -0.25) is 0 Å². The van der Waals surface area contributed by atoms with Crippen LogP contribution in [0.15, 0.2) is 0 Å². The molecular weight excluding hydrogens is 204 g/mol. The fraction of sp³-hybridized carbons (Fsp3) is 1.00. The first-order chi connectivity index (χ1) is 7.15. The second-order valence-electron chi connectivity index (χ2n) is 6.05. The average Bonchev–Trinajstić information content (AvgIpc) is 2.60. The van der Waals surface area contributed by atoms with Crippen LogP contribution in [0.4, 0.5) is 0 Å². The Morgan fingerprint density at radius 3 is 2.53 bits per heavy atom. The summed E-state index contributed by atoms with van der Waals surface area (Å²) < 4.78 is 0. The Bertz CT molecular complexity index is 213. The summed E-state index contributed by atoms with van der Waals surface area (Å²) in [5, 5.41) is 0.467. The molecule has 0 amide bonds. The zero-order chi connectivity index (χ0) is 10.9. The van der Waals surface area contributed by atoms with Gasteiger partial charge >= 0.3 is 0 Å². The standard InChI is InChI=1S/C14H25Cl/c1-3-11-6-4-5-7-13(11)14(2)9-8-12(15)10-14/h11-13H,3-10H2,1-2H3. The van der Waals surface area contributed by atoms with Crippen molar-refractivity contribution in [1.29, 1.82) is 0 Å². The van der Waals surface area contributed by atoms with Crippen LogP contribution in [0.25, 0.3) is 0 Å². The molecule has 4 unspecified atom stereocenters. The highest BCUT2D eigenvalue weighted by atomic mass is 35.5. The highest BCUT2D eigenvalue weighted by Gasteiger charge is 2.43. The van der Waals surface area contributed by atoms with E-state index in [1.807, 2.05) is 0 Å². The lowest BCUT2D eigenvalue weighted by Crippen LogP contribution is -2.33. The van der Waals surface area contributed by atoms with Gasteiger partial charge in [-0.25, -0.2) is 0 Å². The summed E-state index contributed by atoms with van der Waals surface area (Å²) in [5.74, 6) is 1.96. The molecule has 0 heterocycles. The maximum absolute atomic E-state index is 6.31. The number of hydrogen-bond donors (Lipinski definition) is 0. The predicted molar refractivity (Wildman–Crippen MR) is 67.3 cm³/mol. The van der Waals surface area contributed by atoms with Gasteiger partial charge in [-0.2, -0.15) is 0 Å². The lowest BCUT2D eigenvalue weighted by atomic mass is 9.63. The third-order valence-electron chi connectivity index (χ3n) is 5.05. The van der Waals surface area contributed by atoms with Gasteiger partial charge in [0.25, 0.3) is 0 Å². The summed E-state index contributed by atoms with van der Waals surface area (Å²) in [6.07, 6.45) is 11.2. The molecule has 0 radical (unpaired) electrons. The number of hydrogen-bond acceptors (Lipinski definition) is 0. The first kappa shape index (κ1) is 11.8. The summed E-state index contributed by atoms with van der Waals surface area (Å²) in [5.41, 5.74) is 0.577. The van der Waals surface area contributed by atoms with E-state index in [-0.39, 0.29) is 0 Å². The van der Waals surface area contributed by atoms with Crippen molar-refractivity contribution >= 4 is 11.6 Å². The summed E-state index contributed by atoms with van der Waals surface area (Å²) in [4.78, 5) is 0. The monoisotopic (exact) mass is 228 g/mol. The van der Waals surface area contributed by atoms with E-state index >= 15 is 0 Å². The summed E-state index contributed by atoms with van der Waals surface area (Å²) in [6, 6.07) is 0. The highest BCUT2D eigenvalue weighted by molar-refractivity contribution is 6.20. The minimum atomic E-state index is 0.467. The van der Waals surface area contributed by atoms with E-state index in [1.165, 1.54) is 51.4 Å². The van der Waals surface area contributed by atoms with E-state index in [1.54, 1.807) is 0 Å². The van der Waals surface area contributed by atoms with Crippen molar-refractivity contribution < 1.29 is 0 Å². The fourth-order valence-electron chi connectivity index (χ4n) is 4.15. The van der Waals surface area contributed by atoms with Crippen molar-refractivity contribution in [3.05, 3.63) is 0 Å². The van der Waals surface area contributed by atoms with Crippen LogP contribution >= 0.6 is 11.6 Å². The SMILES string of the molecule is CCC1CCCCC1C1(C)CCC(Cl)C1. The summed E-state index contributed by atoms with van der Waals surface area (Å²) in [7, 11) is 0. The molecule has 88 valence electrons. The van der Waals surface area contributed by atoms with E-state index < -0.39 is 0 Å². The largest absolute Gasteiger partial charge is 0.123 e. The normalized spacial score (nSPS) is 47.0. The van der Waals surface area contributed by atoms with E-state index in [2.05, 4.69) is 13.8 Å². The van der Waals surface area contributed by atoms with Crippen molar-refractivity contribution in [3.63, 3.8) is 0 Å². The number of rotatable bonds is 2. The third kappa shape index (κ3) is 2.35. The molecule has 0 aromatic carbocycles. The number of alkyl halides is 1. The van der Waals surface area contributed by atoms with Crippen molar-refractivity contribution in [3.8, 4) is 0 Å². The van der Waals surface area contributed by atoms with Crippen molar-refractivity contribution in [2.24, 2.45) is 17.3 Å². The predicted octanol–water partition coefficient (Wildman–Crippen LogP) is 5.00.